The molecule has 2 aromatic rings. The number of aryl methyl sites for hydroxylation is 1. The summed E-state index contributed by atoms with van der Waals surface area (Å²) in [6.45, 7) is -0.124. The standard InChI is InChI=1S/C13H16N6O5S/c20-6-11(21)7-25-12-4-9(3-10(5-12)19(23)24)15-13(22)1-2-18-8-14-16-17-18/h3-5,8,11,20-21H,1-2,6-7H2,(H,15,22)/t11-/m0/s1. The van der Waals surface area contributed by atoms with Crippen LogP contribution in [0.3, 0.4) is 0 Å². The first kappa shape index (κ1) is 18.8. The fraction of sp³-hybridized carbons (Fsp3) is 0.385. The summed E-state index contributed by atoms with van der Waals surface area (Å²) < 4.78 is 1.39. The zero-order valence-electron chi connectivity index (χ0n) is 13.0. The fourth-order valence-electron chi connectivity index (χ4n) is 1.81. The second-order valence-electron chi connectivity index (χ2n) is 4.99. The minimum absolute atomic E-state index is 0.0967. The van der Waals surface area contributed by atoms with Crippen LogP contribution in [0.25, 0.3) is 0 Å². The Hall–Kier alpha value is -2.57. The van der Waals surface area contributed by atoms with Crippen molar-refractivity contribution in [2.24, 2.45) is 0 Å². The van der Waals surface area contributed by atoms with Crippen LogP contribution >= 0.6 is 11.8 Å². The van der Waals surface area contributed by atoms with Gasteiger partial charge < -0.3 is 15.5 Å². The number of rotatable bonds is 9. The van der Waals surface area contributed by atoms with Crippen LogP contribution in [0.15, 0.2) is 29.4 Å². The smallest absolute Gasteiger partial charge is 0.272 e. The number of hydrogen-bond donors (Lipinski definition) is 3. The predicted octanol–water partition coefficient (Wildman–Crippen LogP) is 0.0554. The maximum atomic E-state index is 12.0. The number of hydrogen-bond acceptors (Lipinski definition) is 9. The molecule has 0 aliphatic heterocycles. The van der Waals surface area contributed by atoms with E-state index in [1.807, 2.05) is 0 Å². The quantitative estimate of drug-likeness (QED) is 0.316. The van der Waals surface area contributed by atoms with Crippen LogP contribution in [0.2, 0.25) is 0 Å². The van der Waals surface area contributed by atoms with Crippen molar-refractivity contribution in [2.45, 2.75) is 24.0 Å². The minimum Gasteiger partial charge on any atom is -0.394 e. The van der Waals surface area contributed by atoms with Crippen LogP contribution in [0, 0.1) is 10.1 Å². The van der Waals surface area contributed by atoms with Gasteiger partial charge in [-0.3, -0.25) is 14.9 Å². The average Bonchev–Trinajstić information content (AvgIpc) is 3.11. The molecule has 134 valence electrons. The molecule has 1 heterocycles. The van der Waals surface area contributed by atoms with Crippen molar-refractivity contribution in [1.82, 2.24) is 20.2 Å². The molecule has 1 aromatic heterocycles. The van der Waals surface area contributed by atoms with Crippen molar-refractivity contribution in [2.75, 3.05) is 17.7 Å². The highest BCUT2D eigenvalue weighted by atomic mass is 32.2. The normalized spacial score (nSPS) is 11.9. The fourth-order valence-corrected chi connectivity index (χ4v) is 2.72. The van der Waals surface area contributed by atoms with Gasteiger partial charge in [-0.15, -0.1) is 16.9 Å². The Bertz CT molecular complexity index is 726. The van der Waals surface area contributed by atoms with Crippen molar-refractivity contribution >= 4 is 29.0 Å². The van der Waals surface area contributed by atoms with E-state index in [2.05, 4.69) is 20.8 Å². The molecule has 0 spiro atoms. The zero-order chi connectivity index (χ0) is 18.2. The van der Waals surface area contributed by atoms with Gasteiger partial charge in [0.25, 0.3) is 5.69 Å². The van der Waals surface area contributed by atoms with Crippen molar-refractivity contribution < 1.29 is 19.9 Å². The number of nitro groups is 1. The summed E-state index contributed by atoms with van der Waals surface area (Å²) in [4.78, 5) is 22.9. The highest BCUT2D eigenvalue weighted by Gasteiger charge is 2.13. The Kier molecular flexibility index (Phi) is 6.80. The van der Waals surface area contributed by atoms with Crippen molar-refractivity contribution in [3.05, 3.63) is 34.6 Å². The number of aliphatic hydroxyl groups excluding tert-OH is 2. The summed E-state index contributed by atoms with van der Waals surface area (Å²) in [6.07, 6.45) is 0.542. The lowest BCUT2D eigenvalue weighted by atomic mass is 10.2. The summed E-state index contributed by atoms with van der Waals surface area (Å²) in [5.74, 6) is -0.174. The largest absolute Gasteiger partial charge is 0.394 e. The van der Waals surface area contributed by atoms with Crippen LogP contribution in [0.4, 0.5) is 11.4 Å². The Balaban J connectivity index is 2.03. The zero-order valence-corrected chi connectivity index (χ0v) is 13.8. The number of amides is 1. The molecule has 12 heteroatoms. The summed E-state index contributed by atoms with van der Waals surface area (Å²) in [5, 5.41) is 42.4. The molecule has 0 bridgehead atoms. The van der Waals surface area contributed by atoms with Gasteiger partial charge in [0, 0.05) is 34.9 Å². The van der Waals surface area contributed by atoms with Gasteiger partial charge in [-0.2, -0.15) is 0 Å². The maximum Gasteiger partial charge on any atom is 0.272 e. The van der Waals surface area contributed by atoms with Crippen LogP contribution < -0.4 is 5.32 Å². The lowest BCUT2D eigenvalue weighted by molar-refractivity contribution is -0.385. The Morgan fingerprint density at radius 3 is 2.88 bits per heavy atom. The molecule has 1 aromatic carbocycles. The third kappa shape index (κ3) is 6.10. The predicted molar refractivity (Wildman–Crippen MR) is 88.0 cm³/mol. The Morgan fingerprint density at radius 2 is 2.24 bits per heavy atom. The number of benzene rings is 1. The second-order valence-corrected chi connectivity index (χ2v) is 6.08. The minimum atomic E-state index is -0.932. The molecule has 2 rings (SSSR count). The molecule has 1 atom stereocenters. The number of aromatic nitrogens is 4. The second kappa shape index (κ2) is 9.05. The first-order valence-electron chi connectivity index (χ1n) is 7.19. The molecule has 0 aliphatic rings. The summed E-state index contributed by atoms with van der Waals surface area (Å²) in [5.41, 5.74) is 0.0937. The summed E-state index contributed by atoms with van der Waals surface area (Å²) in [7, 11) is 0. The van der Waals surface area contributed by atoms with Crippen molar-refractivity contribution in [3.8, 4) is 0 Å². The monoisotopic (exact) mass is 368 g/mol. The molecule has 0 saturated carbocycles. The van der Waals surface area contributed by atoms with Crippen molar-refractivity contribution in [3.63, 3.8) is 0 Å². The van der Waals surface area contributed by atoms with Gasteiger partial charge in [-0.25, -0.2) is 4.68 Å². The van der Waals surface area contributed by atoms with E-state index in [1.165, 1.54) is 23.1 Å². The number of carbonyl (C=O) groups is 1. The van der Waals surface area contributed by atoms with E-state index in [4.69, 9.17) is 5.11 Å². The number of nitro benzene ring substituents is 1. The number of thioether (sulfide) groups is 1. The highest BCUT2D eigenvalue weighted by Crippen LogP contribution is 2.28. The highest BCUT2D eigenvalue weighted by molar-refractivity contribution is 7.99. The van der Waals surface area contributed by atoms with Crippen LogP contribution in [-0.4, -0.2) is 59.7 Å². The number of aliphatic hydroxyl groups is 2. The van der Waals surface area contributed by atoms with E-state index in [0.29, 0.717) is 4.90 Å². The van der Waals surface area contributed by atoms with Gasteiger partial charge in [0.1, 0.15) is 6.33 Å². The van der Waals surface area contributed by atoms with E-state index < -0.39 is 17.6 Å². The van der Waals surface area contributed by atoms with E-state index in [-0.39, 0.29) is 36.0 Å². The van der Waals surface area contributed by atoms with Gasteiger partial charge in [-0.05, 0) is 16.5 Å². The van der Waals surface area contributed by atoms with E-state index in [1.54, 1.807) is 6.07 Å². The van der Waals surface area contributed by atoms with Gasteiger partial charge in [0.05, 0.1) is 24.2 Å². The van der Waals surface area contributed by atoms with Crippen LogP contribution in [0.5, 0.6) is 0 Å². The maximum absolute atomic E-state index is 12.0. The topological polar surface area (TPSA) is 156 Å². The van der Waals surface area contributed by atoms with E-state index in [9.17, 15) is 20.0 Å². The number of nitrogens with one attached hydrogen (secondary N) is 1. The summed E-state index contributed by atoms with van der Waals surface area (Å²) >= 11 is 1.14. The third-order valence-electron chi connectivity index (χ3n) is 3.00. The molecule has 0 unspecified atom stereocenters. The SMILES string of the molecule is O=C(CCn1cnnn1)Nc1cc(SC[C@@H](O)CO)cc([N+](=O)[O-])c1. The first-order chi connectivity index (χ1) is 12.0. The molecule has 0 aliphatic carbocycles. The molecule has 25 heavy (non-hydrogen) atoms. The van der Waals surface area contributed by atoms with E-state index in [0.717, 1.165) is 11.8 Å². The van der Waals surface area contributed by atoms with Crippen molar-refractivity contribution in [1.29, 1.82) is 0 Å². The van der Waals surface area contributed by atoms with Crippen LogP contribution in [-0.2, 0) is 11.3 Å². The van der Waals surface area contributed by atoms with E-state index >= 15 is 0 Å². The third-order valence-corrected chi connectivity index (χ3v) is 4.12. The van der Waals surface area contributed by atoms with Gasteiger partial charge in [-0.1, -0.05) is 0 Å². The van der Waals surface area contributed by atoms with Gasteiger partial charge in [0.15, 0.2) is 0 Å². The van der Waals surface area contributed by atoms with Gasteiger partial charge >= 0.3 is 0 Å². The molecule has 0 radical (unpaired) electrons. The average molecular weight is 368 g/mol. The molecule has 3 N–H and O–H groups in total. The van der Waals surface area contributed by atoms with Crippen LogP contribution in [0.1, 0.15) is 6.42 Å². The molecule has 1 amide bonds. The first-order valence-corrected chi connectivity index (χ1v) is 8.18. The molecular formula is C13H16N6O5S. The number of anilines is 1. The lowest BCUT2D eigenvalue weighted by Crippen LogP contribution is -2.15. The number of carbonyl (C=O) groups excluding carboxylic acids is 1. The molecular weight excluding hydrogens is 352 g/mol. The molecule has 0 fully saturated rings. The Morgan fingerprint density at radius 1 is 1.44 bits per heavy atom. The number of non-ortho nitro benzene ring substituents is 1. The number of nitrogens with zero attached hydrogens (tertiary/aromatic N) is 5. The lowest BCUT2D eigenvalue weighted by Gasteiger charge is -2.09. The van der Waals surface area contributed by atoms with Gasteiger partial charge in [0.2, 0.25) is 5.91 Å². The summed E-state index contributed by atoms with van der Waals surface area (Å²) in [6, 6.07) is 4.16. The molecule has 0 saturated heterocycles. The Labute approximate surface area is 146 Å². The molecule has 11 nitrogen and oxygen atoms in total. The number of tetrazole rings is 1.